The fourth-order valence-electron chi connectivity index (χ4n) is 4.11. The zero-order chi connectivity index (χ0) is 28.7. The number of aliphatic hydroxyl groups excluding tert-OH is 1. The van der Waals surface area contributed by atoms with Crippen molar-refractivity contribution >= 4 is 57.3 Å². The molecule has 0 aliphatic heterocycles. The van der Waals surface area contributed by atoms with Gasteiger partial charge in [0.25, 0.3) is 0 Å². The van der Waals surface area contributed by atoms with Gasteiger partial charge in [0.05, 0.1) is 0 Å². The van der Waals surface area contributed by atoms with E-state index < -0.39 is 0 Å². The largest absolute Gasteiger partial charge is 0.390 e. The number of aromatic nitrogens is 2. The molecule has 5 nitrogen and oxygen atoms in total. The van der Waals surface area contributed by atoms with Crippen LogP contribution in [0.2, 0.25) is 0 Å². The Kier molecular flexibility index (Phi) is 12.4. The van der Waals surface area contributed by atoms with Gasteiger partial charge in [-0.25, -0.2) is 4.57 Å². The highest BCUT2D eigenvalue weighted by atomic mass is 33.1. The van der Waals surface area contributed by atoms with Crippen LogP contribution in [0.3, 0.4) is 0 Å². The second kappa shape index (κ2) is 16.7. The molecule has 4 rings (SSSR count). The van der Waals surface area contributed by atoms with Crippen molar-refractivity contribution in [3.63, 3.8) is 0 Å². The molecule has 0 fully saturated rings. The smallest absolute Gasteiger partial charge is 0.171 e. The highest BCUT2D eigenvalue weighted by molar-refractivity contribution is 8.76. The topological polar surface area (TPSA) is 43.5 Å². The Balaban J connectivity index is 1.11. The van der Waals surface area contributed by atoms with Crippen LogP contribution >= 0.6 is 21.6 Å². The minimum atomic E-state index is 0.152. The second-order valence-electron chi connectivity index (χ2n) is 9.71. The zero-order valence-electron chi connectivity index (χ0n) is 23.8. The predicted molar refractivity (Wildman–Crippen MR) is 180 cm³/mol. The first-order chi connectivity index (χ1) is 20.1. The van der Waals surface area contributed by atoms with Crippen molar-refractivity contribution in [1.29, 1.82) is 0 Å². The van der Waals surface area contributed by atoms with Crippen LogP contribution in [0, 0.1) is 0 Å². The zero-order valence-corrected chi connectivity index (χ0v) is 25.5. The number of hydrogen-bond donors (Lipinski definition) is 1. The van der Waals surface area contributed by atoms with Crippen LogP contribution in [0.4, 0.5) is 11.4 Å². The lowest BCUT2D eigenvalue weighted by atomic mass is 10.1. The molecule has 2 heterocycles. The van der Waals surface area contributed by atoms with E-state index in [0.29, 0.717) is 6.54 Å². The van der Waals surface area contributed by atoms with E-state index in [4.69, 9.17) is 5.11 Å². The average molecular weight is 584 g/mol. The molecule has 0 amide bonds. The summed E-state index contributed by atoms with van der Waals surface area (Å²) in [4.78, 5) is 8.69. The van der Waals surface area contributed by atoms with Gasteiger partial charge >= 0.3 is 0 Å². The van der Waals surface area contributed by atoms with Gasteiger partial charge in [-0.05, 0) is 58.7 Å². The van der Waals surface area contributed by atoms with Crippen molar-refractivity contribution in [3.05, 3.63) is 120 Å². The molecule has 7 heteroatoms. The van der Waals surface area contributed by atoms with Crippen molar-refractivity contribution in [2.75, 3.05) is 55.1 Å². The molecule has 1 N–H and O–H groups in total. The van der Waals surface area contributed by atoms with Crippen LogP contribution in [0.25, 0.3) is 24.3 Å². The molecule has 2 aromatic carbocycles. The molecule has 4 aromatic rings. The molecule has 0 aliphatic rings. The van der Waals surface area contributed by atoms with Crippen molar-refractivity contribution < 1.29 is 9.67 Å². The Bertz CT molecular complexity index is 1360. The molecule has 0 aliphatic carbocycles. The highest BCUT2D eigenvalue weighted by Crippen LogP contribution is 2.24. The monoisotopic (exact) mass is 583 g/mol. The fourth-order valence-corrected chi connectivity index (χ4v) is 6.20. The lowest BCUT2D eigenvalue weighted by Gasteiger charge is -2.20. The van der Waals surface area contributed by atoms with Gasteiger partial charge in [-0.3, -0.25) is 4.98 Å². The Morgan fingerprint density at radius 2 is 1.05 bits per heavy atom. The SMILES string of the molecule is CN(CCSSCCN(C)c1ccc(/C=C/c2cc[n+](CCO)cc2)cc1)c1ccc(/C=C/c2ccncc2)cc1. The maximum atomic E-state index is 9.04. The van der Waals surface area contributed by atoms with E-state index in [0.717, 1.165) is 35.7 Å². The van der Waals surface area contributed by atoms with Crippen LogP contribution in [0.1, 0.15) is 22.3 Å². The average Bonchev–Trinajstić information content (AvgIpc) is 3.02. The summed E-state index contributed by atoms with van der Waals surface area (Å²) in [6.07, 6.45) is 16.1. The number of benzene rings is 2. The Morgan fingerprint density at radius 1 is 0.634 bits per heavy atom. The summed E-state index contributed by atoms with van der Waals surface area (Å²) in [7, 11) is 8.20. The molecule has 0 bridgehead atoms. The van der Waals surface area contributed by atoms with E-state index in [2.05, 4.69) is 114 Å². The summed E-state index contributed by atoms with van der Waals surface area (Å²) < 4.78 is 1.97. The van der Waals surface area contributed by atoms with Gasteiger partial charge in [0.1, 0.15) is 6.61 Å². The first kappa shape index (κ1) is 30.4. The van der Waals surface area contributed by atoms with E-state index in [-0.39, 0.29) is 6.61 Å². The summed E-state index contributed by atoms with van der Waals surface area (Å²) in [6, 6.07) is 25.6. The van der Waals surface area contributed by atoms with Gasteiger partial charge in [-0.2, -0.15) is 0 Å². The molecule has 0 saturated carbocycles. The number of nitrogens with zero attached hydrogens (tertiary/aromatic N) is 4. The third-order valence-corrected chi connectivity index (χ3v) is 9.05. The van der Waals surface area contributed by atoms with Crippen molar-refractivity contribution in [1.82, 2.24) is 4.98 Å². The number of rotatable bonds is 15. The normalized spacial score (nSPS) is 11.4. The van der Waals surface area contributed by atoms with E-state index in [1.165, 1.54) is 22.5 Å². The lowest BCUT2D eigenvalue weighted by Crippen LogP contribution is -2.34. The number of anilines is 2. The molecular weight excluding hydrogens is 545 g/mol. The summed E-state index contributed by atoms with van der Waals surface area (Å²) >= 11 is 0. The van der Waals surface area contributed by atoms with Gasteiger partial charge in [0, 0.05) is 74.6 Å². The van der Waals surface area contributed by atoms with E-state index >= 15 is 0 Å². The number of pyridine rings is 2. The third-order valence-electron chi connectivity index (χ3n) is 6.69. The van der Waals surface area contributed by atoms with E-state index in [9.17, 15) is 0 Å². The summed E-state index contributed by atoms with van der Waals surface area (Å²) in [5.74, 6) is 2.16. The summed E-state index contributed by atoms with van der Waals surface area (Å²) in [5, 5.41) is 9.04. The Morgan fingerprint density at radius 3 is 1.49 bits per heavy atom. The summed E-state index contributed by atoms with van der Waals surface area (Å²) in [5.41, 5.74) is 7.14. The van der Waals surface area contributed by atoms with Crippen LogP contribution in [-0.4, -0.2) is 55.4 Å². The molecule has 212 valence electrons. The van der Waals surface area contributed by atoms with E-state index in [1.54, 1.807) is 0 Å². The first-order valence-corrected chi connectivity index (χ1v) is 16.3. The first-order valence-electron chi connectivity index (χ1n) is 13.8. The summed E-state index contributed by atoms with van der Waals surface area (Å²) in [6.45, 7) is 2.80. The van der Waals surface area contributed by atoms with Gasteiger partial charge in [-0.15, -0.1) is 0 Å². The van der Waals surface area contributed by atoms with Crippen molar-refractivity contribution in [2.45, 2.75) is 6.54 Å². The standard InChI is InChI=1S/C34H39N4OS2/c1-36(33-11-7-29(8-12-33)3-5-31-15-19-35-20-16-31)24-27-40-41-28-25-37(2)34-13-9-30(10-14-34)4-6-32-17-21-38(22-18-32)23-26-39/h3-22,39H,23-28H2,1-2H3/q+1/b5-3+. The number of aliphatic hydroxyl groups is 1. The quantitative estimate of drug-likeness (QED) is 0.0960. The minimum Gasteiger partial charge on any atom is -0.390 e. The van der Waals surface area contributed by atoms with Crippen LogP contribution in [0.15, 0.2) is 97.6 Å². The third kappa shape index (κ3) is 10.4. The highest BCUT2D eigenvalue weighted by Gasteiger charge is 2.04. The molecule has 0 atom stereocenters. The fraction of sp³-hybridized carbons (Fsp3) is 0.235. The predicted octanol–water partition coefficient (Wildman–Crippen LogP) is 6.66. The van der Waals surface area contributed by atoms with Crippen molar-refractivity contribution in [2.24, 2.45) is 0 Å². The lowest BCUT2D eigenvalue weighted by molar-refractivity contribution is -0.698. The van der Waals surface area contributed by atoms with Crippen LogP contribution in [-0.2, 0) is 6.54 Å². The molecule has 0 spiro atoms. The number of hydrogen-bond acceptors (Lipinski definition) is 6. The molecule has 2 aromatic heterocycles. The van der Waals surface area contributed by atoms with Gasteiger partial charge < -0.3 is 14.9 Å². The minimum absolute atomic E-state index is 0.152. The van der Waals surface area contributed by atoms with Gasteiger partial charge in [0.15, 0.2) is 18.9 Å². The maximum absolute atomic E-state index is 9.04. The Labute approximate surface area is 252 Å². The van der Waals surface area contributed by atoms with Crippen molar-refractivity contribution in [3.8, 4) is 0 Å². The second-order valence-corrected chi connectivity index (χ2v) is 12.4. The maximum Gasteiger partial charge on any atom is 0.171 e. The van der Waals surface area contributed by atoms with Gasteiger partial charge in [-0.1, -0.05) is 70.2 Å². The molecule has 0 radical (unpaired) electrons. The van der Waals surface area contributed by atoms with Crippen LogP contribution < -0.4 is 14.4 Å². The molecule has 0 saturated heterocycles. The van der Waals surface area contributed by atoms with Crippen LogP contribution in [0.5, 0.6) is 0 Å². The molecule has 0 unspecified atom stereocenters. The van der Waals surface area contributed by atoms with E-state index in [1.807, 2.05) is 63.1 Å². The molecule has 41 heavy (non-hydrogen) atoms. The Hall–Kier alpha value is -3.52. The molecular formula is C34H39N4OS2+. The van der Waals surface area contributed by atoms with Gasteiger partial charge in [0.2, 0.25) is 0 Å².